The van der Waals surface area contributed by atoms with Crippen molar-refractivity contribution in [1.82, 2.24) is 4.90 Å². The molecule has 0 bridgehead atoms. The second-order valence-corrected chi connectivity index (χ2v) is 4.50. The molecule has 1 aliphatic heterocycles. The van der Waals surface area contributed by atoms with Crippen LogP contribution in [0.25, 0.3) is 0 Å². The molecule has 0 saturated carbocycles. The molecule has 1 fully saturated rings. The summed E-state index contributed by atoms with van der Waals surface area (Å²) in [6.45, 7) is 2.76. The molecule has 0 spiro atoms. The normalized spacial score (nSPS) is 19.9. The number of hydrogen-bond acceptors (Lipinski definition) is 2. The second kappa shape index (κ2) is 6.41. The van der Waals surface area contributed by atoms with Gasteiger partial charge in [0.1, 0.15) is 0 Å². The van der Waals surface area contributed by atoms with Crippen molar-refractivity contribution < 1.29 is 13.2 Å². The Morgan fingerprint density at radius 1 is 1.22 bits per heavy atom. The van der Waals surface area contributed by atoms with Crippen LogP contribution in [-0.4, -0.2) is 24.5 Å². The van der Waals surface area contributed by atoms with Gasteiger partial charge in [-0.2, -0.15) is 0 Å². The molecular formula is C12H16ClF3N2. The maximum atomic E-state index is 13.0. The highest BCUT2D eigenvalue weighted by molar-refractivity contribution is 5.85. The molecule has 18 heavy (non-hydrogen) atoms. The van der Waals surface area contributed by atoms with E-state index in [1.165, 1.54) is 0 Å². The molecule has 1 atom stereocenters. The monoisotopic (exact) mass is 280 g/mol. The van der Waals surface area contributed by atoms with Crippen molar-refractivity contribution in [3.05, 3.63) is 35.1 Å². The minimum absolute atomic E-state index is 0. The summed E-state index contributed by atoms with van der Waals surface area (Å²) in [5, 5.41) is 0. The summed E-state index contributed by atoms with van der Waals surface area (Å²) >= 11 is 0. The van der Waals surface area contributed by atoms with Gasteiger partial charge in [-0.15, -0.1) is 12.4 Å². The van der Waals surface area contributed by atoms with Crippen molar-refractivity contribution in [3.63, 3.8) is 0 Å². The highest BCUT2D eigenvalue weighted by Crippen LogP contribution is 2.20. The van der Waals surface area contributed by atoms with E-state index in [2.05, 4.69) is 4.90 Å². The summed E-state index contributed by atoms with van der Waals surface area (Å²) in [6, 6.07) is 2.10. The fourth-order valence-corrected chi connectivity index (χ4v) is 2.21. The van der Waals surface area contributed by atoms with Gasteiger partial charge in [-0.05, 0) is 43.1 Å². The third-order valence-corrected chi connectivity index (χ3v) is 3.15. The third kappa shape index (κ3) is 3.37. The first-order valence-corrected chi connectivity index (χ1v) is 5.66. The number of rotatable bonds is 3. The summed E-state index contributed by atoms with van der Waals surface area (Å²) in [6.07, 6.45) is 1.00. The molecule has 2 rings (SSSR count). The molecule has 0 amide bonds. The number of likely N-dealkylation sites (tertiary alicyclic amines) is 1. The largest absolute Gasteiger partial charge is 0.330 e. The SMILES string of the molecule is Cl.NCC1CCN(Cc2cc(F)c(F)c(F)c2)C1. The van der Waals surface area contributed by atoms with E-state index in [-0.39, 0.29) is 12.4 Å². The Balaban J connectivity index is 0.00000162. The van der Waals surface area contributed by atoms with E-state index in [1.807, 2.05) is 0 Å². The van der Waals surface area contributed by atoms with Gasteiger partial charge in [0.05, 0.1) is 0 Å². The van der Waals surface area contributed by atoms with Gasteiger partial charge >= 0.3 is 0 Å². The molecule has 6 heteroatoms. The maximum absolute atomic E-state index is 13.0. The Morgan fingerprint density at radius 2 is 1.83 bits per heavy atom. The highest BCUT2D eigenvalue weighted by atomic mass is 35.5. The fraction of sp³-hybridized carbons (Fsp3) is 0.500. The lowest BCUT2D eigenvalue weighted by atomic mass is 10.1. The molecule has 1 heterocycles. The van der Waals surface area contributed by atoms with E-state index in [0.29, 0.717) is 24.6 Å². The Hall–Kier alpha value is -0.780. The van der Waals surface area contributed by atoms with E-state index < -0.39 is 17.5 Å². The van der Waals surface area contributed by atoms with Gasteiger partial charge in [-0.25, -0.2) is 13.2 Å². The average Bonchev–Trinajstić information content (AvgIpc) is 2.73. The molecule has 2 N–H and O–H groups in total. The van der Waals surface area contributed by atoms with Crippen molar-refractivity contribution in [2.75, 3.05) is 19.6 Å². The number of nitrogens with zero attached hydrogens (tertiary/aromatic N) is 1. The average molecular weight is 281 g/mol. The molecule has 1 aromatic rings. The zero-order valence-electron chi connectivity index (χ0n) is 9.83. The topological polar surface area (TPSA) is 29.3 Å². The van der Waals surface area contributed by atoms with Gasteiger partial charge in [-0.3, -0.25) is 4.90 Å². The highest BCUT2D eigenvalue weighted by Gasteiger charge is 2.21. The van der Waals surface area contributed by atoms with Crippen LogP contribution < -0.4 is 5.73 Å². The lowest BCUT2D eigenvalue weighted by Gasteiger charge is -2.15. The summed E-state index contributed by atoms with van der Waals surface area (Å²) < 4.78 is 38.8. The molecular weight excluding hydrogens is 265 g/mol. The Kier molecular flexibility index (Phi) is 5.44. The molecule has 1 aromatic carbocycles. The standard InChI is InChI=1S/C12H15F3N2.ClH/c13-10-3-9(4-11(14)12(10)15)7-17-2-1-8(5-16)6-17;/h3-4,8H,1-2,5-7,16H2;1H. The van der Waals surface area contributed by atoms with E-state index in [4.69, 9.17) is 5.73 Å². The zero-order chi connectivity index (χ0) is 12.4. The lowest BCUT2D eigenvalue weighted by Crippen LogP contribution is -2.23. The summed E-state index contributed by atoms with van der Waals surface area (Å²) in [5.41, 5.74) is 6.02. The van der Waals surface area contributed by atoms with E-state index in [0.717, 1.165) is 31.6 Å². The second-order valence-electron chi connectivity index (χ2n) is 4.50. The molecule has 1 aliphatic rings. The summed E-state index contributed by atoms with van der Waals surface area (Å²) in [5.74, 6) is -3.22. The van der Waals surface area contributed by atoms with Crippen LogP contribution in [0.15, 0.2) is 12.1 Å². The molecule has 1 unspecified atom stereocenters. The number of nitrogens with two attached hydrogens (primary N) is 1. The van der Waals surface area contributed by atoms with Gasteiger partial charge in [0.15, 0.2) is 17.5 Å². The minimum Gasteiger partial charge on any atom is -0.330 e. The summed E-state index contributed by atoms with van der Waals surface area (Å²) in [4.78, 5) is 2.07. The Morgan fingerprint density at radius 3 is 2.33 bits per heavy atom. The first-order valence-electron chi connectivity index (χ1n) is 5.66. The quantitative estimate of drug-likeness (QED) is 0.861. The van der Waals surface area contributed by atoms with Crippen LogP contribution in [0, 0.1) is 23.4 Å². The van der Waals surface area contributed by atoms with Gasteiger partial charge < -0.3 is 5.73 Å². The van der Waals surface area contributed by atoms with Crippen LogP contribution in [-0.2, 0) is 6.54 Å². The minimum atomic E-state index is -1.41. The van der Waals surface area contributed by atoms with Gasteiger partial charge in [0.25, 0.3) is 0 Å². The fourth-order valence-electron chi connectivity index (χ4n) is 2.21. The summed E-state index contributed by atoms with van der Waals surface area (Å²) in [7, 11) is 0. The van der Waals surface area contributed by atoms with Crippen molar-refractivity contribution in [3.8, 4) is 0 Å². The maximum Gasteiger partial charge on any atom is 0.194 e. The van der Waals surface area contributed by atoms with Crippen molar-refractivity contribution in [2.24, 2.45) is 11.7 Å². The van der Waals surface area contributed by atoms with E-state index in [1.54, 1.807) is 0 Å². The first-order chi connectivity index (χ1) is 8.10. The molecule has 102 valence electrons. The van der Waals surface area contributed by atoms with Crippen LogP contribution in [0.4, 0.5) is 13.2 Å². The predicted octanol–water partition coefficient (Wildman–Crippen LogP) is 2.31. The van der Waals surface area contributed by atoms with Crippen LogP contribution in [0.5, 0.6) is 0 Å². The van der Waals surface area contributed by atoms with Gasteiger partial charge in [0, 0.05) is 13.1 Å². The first kappa shape index (κ1) is 15.3. The Bertz CT molecular complexity index is 391. The molecule has 2 nitrogen and oxygen atoms in total. The van der Waals surface area contributed by atoms with Crippen LogP contribution in [0.2, 0.25) is 0 Å². The van der Waals surface area contributed by atoms with Gasteiger partial charge in [-0.1, -0.05) is 0 Å². The van der Waals surface area contributed by atoms with Crippen molar-refractivity contribution in [2.45, 2.75) is 13.0 Å². The number of benzene rings is 1. The van der Waals surface area contributed by atoms with Crippen LogP contribution in [0.1, 0.15) is 12.0 Å². The van der Waals surface area contributed by atoms with Crippen molar-refractivity contribution >= 4 is 12.4 Å². The van der Waals surface area contributed by atoms with E-state index >= 15 is 0 Å². The Labute approximate surface area is 110 Å². The number of halogens is 4. The zero-order valence-corrected chi connectivity index (χ0v) is 10.7. The van der Waals surface area contributed by atoms with Crippen LogP contribution >= 0.6 is 12.4 Å². The molecule has 0 aromatic heterocycles. The molecule has 0 aliphatic carbocycles. The van der Waals surface area contributed by atoms with Gasteiger partial charge in [0.2, 0.25) is 0 Å². The van der Waals surface area contributed by atoms with Crippen LogP contribution in [0.3, 0.4) is 0 Å². The third-order valence-electron chi connectivity index (χ3n) is 3.15. The van der Waals surface area contributed by atoms with E-state index in [9.17, 15) is 13.2 Å². The molecule has 1 saturated heterocycles. The van der Waals surface area contributed by atoms with Crippen molar-refractivity contribution in [1.29, 1.82) is 0 Å². The molecule has 0 radical (unpaired) electrons. The smallest absolute Gasteiger partial charge is 0.194 e. The lowest BCUT2D eigenvalue weighted by molar-refractivity contribution is 0.315. The predicted molar refractivity (Wildman–Crippen MR) is 66.0 cm³/mol. The number of hydrogen-bond donors (Lipinski definition) is 1.